The maximum atomic E-state index is 5.89. The predicted molar refractivity (Wildman–Crippen MR) is 77.4 cm³/mol. The second kappa shape index (κ2) is 7.46. The molecule has 4 nitrogen and oxygen atoms in total. The van der Waals surface area contributed by atoms with Crippen molar-refractivity contribution in [3.63, 3.8) is 0 Å². The smallest absolute Gasteiger partial charge is 0.142 e. The number of aromatic nitrogens is 1. The molecule has 0 spiro atoms. The number of hydrogen-bond donors (Lipinski definition) is 1. The Bertz CT molecular complexity index is 375. The van der Waals surface area contributed by atoms with Gasteiger partial charge in [-0.3, -0.25) is 4.98 Å². The van der Waals surface area contributed by atoms with Gasteiger partial charge in [-0.25, -0.2) is 0 Å². The number of hydrogen-bond acceptors (Lipinski definition) is 4. The Kier molecular flexibility index (Phi) is 6.25. The van der Waals surface area contributed by atoms with Gasteiger partial charge in [0.15, 0.2) is 0 Å². The molecule has 0 saturated heterocycles. The molecule has 108 valence electrons. The zero-order chi connectivity index (χ0) is 14.3. The van der Waals surface area contributed by atoms with Crippen molar-refractivity contribution in [3.8, 4) is 5.75 Å². The van der Waals surface area contributed by atoms with Gasteiger partial charge in [-0.05, 0) is 40.7 Å². The predicted octanol–water partition coefficient (Wildman–Crippen LogP) is 2.77. The summed E-state index contributed by atoms with van der Waals surface area (Å²) in [7, 11) is 0. The zero-order valence-corrected chi connectivity index (χ0v) is 12.7. The molecule has 1 aromatic heterocycles. The van der Waals surface area contributed by atoms with Crippen LogP contribution in [0.3, 0.4) is 0 Å². The van der Waals surface area contributed by atoms with Gasteiger partial charge in [0.1, 0.15) is 11.9 Å². The summed E-state index contributed by atoms with van der Waals surface area (Å²) >= 11 is 0. The van der Waals surface area contributed by atoms with Crippen molar-refractivity contribution in [2.75, 3.05) is 13.2 Å². The van der Waals surface area contributed by atoms with Crippen molar-refractivity contribution in [1.29, 1.82) is 0 Å². The summed E-state index contributed by atoms with van der Waals surface area (Å²) in [6.07, 6.45) is 3.58. The van der Waals surface area contributed by atoms with Crippen LogP contribution in [-0.2, 0) is 11.3 Å². The SMILES string of the molecule is CCOCC(C)Oc1cnccc1CNC(C)(C)C. The van der Waals surface area contributed by atoms with Gasteiger partial charge in [0.05, 0.1) is 12.8 Å². The van der Waals surface area contributed by atoms with Crippen LogP contribution in [0.15, 0.2) is 18.5 Å². The first-order chi connectivity index (χ1) is 8.92. The second-order valence-corrected chi connectivity index (χ2v) is 5.67. The van der Waals surface area contributed by atoms with E-state index in [1.807, 2.05) is 19.9 Å². The first-order valence-electron chi connectivity index (χ1n) is 6.84. The monoisotopic (exact) mass is 266 g/mol. The first-order valence-corrected chi connectivity index (χ1v) is 6.84. The minimum Gasteiger partial charge on any atom is -0.486 e. The molecular weight excluding hydrogens is 240 g/mol. The average Bonchev–Trinajstić information content (AvgIpc) is 2.34. The Morgan fingerprint density at radius 3 is 2.74 bits per heavy atom. The average molecular weight is 266 g/mol. The molecule has 0 aliphatic heterocycles. The minimum atomic E-state index is 0.0255. The molecule has 19 heavy (non-hydrogen) atoms. The van der Waals surface area contributed by atoms with E-state index in [1.165, 1.54) is 0 Å². The molecule has 1 atom stereocenters. The topological polar surface area (TPSA) is 43.4 Å². The zero-order valence-electron chi connectivity index (χ0n) is 12.7. The third-order valence-corrected chi connectivity index (χ3v) is 2.56. The lowest BCUT2D eigenvalue weighted by atomic mass is 10.1. The van der Waals surface area contributed by atoms with Gasteiger partial charge in [0, 0.05) is 30.5 Å². The molecule has 0 bridgehead atoms. The molecule has 0 fully saturated rings. The van der Waals surface area contributed by atoms with Gasteiger partial charge in [-0.1, -0.05) is 0 Å². The van der Waals surface area contributed by atoms with Crippen LogP contribution in [-0.4, -0.2) is 29.8 Å². The summed E-state index contributed by atoms with van der Waals surface area (Å²) < 4.78 is 11.2. The number of nitrogens with one attached hydrogen (secondary N) is 1. The lowest BCUT2D eigenvalue weighted by Crippen LogP contribution is -2.35. The van der Waals surface area contributed by atoms with Gasteiger partial charge in [0.2, 0.25) is 0 Å². The molecular formula is C15H26N2O2. The lowest BCUT2D eigenvalue weighted by Gasteiger charge is -2.22. The summed E-state index contributed by atoms with van der Waals surface area (Å²) in [5.41, 5.74) is 1.20. The fourth-order valence-electron chi connectivity index (χ4n) is 1.56. The number of pyridine rings is 1. The van der Waals surface area contributed by atoms with E-state index in [1.54, 1.807) is 12.4 Å². The molecule has 4 heteroatoms. The van der Waals surface area contributed by atoms with Crippen molar-refractivity contribution in [2.24, 2.45) is 0 Å². The van der Waals surface area contributed by atoms with E-state index in [-0.39, 0.29) is 11.6 Å². The van der Waals surface area contributed by atoms with Crippen LogP contribution < -0.4 is 10.1 Å². The molecule has 0 aliphatic rings. The summed E-state index contributed by atoms with van der Waals surface area (Å²) in [5.74, 6) is 0.825. The number of ether oxygens (including phenoxy) is 2. The summed E-state index contributed by atoms with van der Waals surface area (Å²) in [5, 5.41) is 3.46. The van der Waals surface area contributed by atoms with Gasteiger partial charge >= 0.3 is 0 Å². The molecule has 1 heterocycles. The van der Waals surface area contributed by atoms with Crippen LogP contribution in [0.4, 0.5) is 0 Å². The van der Waals surface area contributed by atoms with Crippen LogP contribution in [0.25, 0.3) is 0 Å². The Labute approximate surface area is 116 Å². The molecule has 0 saturated carbocycles. The molecule has 1 aromatic rings. The van der Waals surface area contributed by atoms with Crippen molar-refractivity contribution in [2.45, 2.75) is 52.8 Å². The molecule has 0 radical (unpaired) electrons. The van der Waals surface area contributed by atoms with Crippen molar-refractivity contribution in [3.05, 3.63) is 24.0 Å². The number of nitrogens with zero attached hydrogens (tertiary/aromatic N) is 1. The minimum absolute atomic E-state index is 0.0255. The standard InChI is InChI=1S/C15H26N2O2/c1-6-18-11-12(2)19-14-10-16-8-7-13(14)9-17-15(3,4)5/h7-8,10,12,17H,6,9,11H2,1-5H3. The van der Waals surface area contributed by atoms with Crippen molar-refractivity contribution < 1.29 is 9.47 Å². The maximum Gasteiger partial charge on any atom is 0.142 e. The summed E-state index contributed by atoms with van der Waals surface area (Å²) in [6.45, 7) is 12.5. The van der Waals surface area contributed by atoms with Crippen molar-refractivity contribution in [1.82, 2.24) is 10.3 Å². The Morgan fingerprint density at radius 2 is 2.11 bits per heavy atom. The van der Waals surface area contributed by atoms with Crippen LogP contribution in [0.1, 0.15) is 40.2 Å². The quantitative estimate of drug-likeness (QED) is 0.824. The van der Waals surface area contributed by atoms with Crippen LogP contribution in [0.5, 0.6) is 5.75 Å². The van der Waals surface area contributed by atoms with E-state index in [0.29, 0.717) is 13.2 Å². The highest BCUT2D eigenvalue weighted by Crippen LogP contribution is 2.18. The normalized spacial score (nSPS) is 13.3. The molecule has 0 amide bonds. The van der Waals surface area contributed by atoms with Gasteiger partial charge in [0.25, 0.3) is 0 Å². The molecule has 1 rings (SSSR count). The molecule has 1 N–H and O–H groups in total. The Balaban J connectivity index is 2.62. The van der Waals surface area contributed by atoms with E-state index in [4.69, 9.17) is 9.47 Å². The van der Waals surface area contributed by atoms with E-state index >= 15 is 0 Å². The largest absolute Gasteiger partial charge is 0.486 e. The fourth-order valence-corrected chi connectivity index (χ4v) is 1.56. The highest BCUT2D eigenvalue weighted by atomic mass is 16.5. The molecule has 1 unspecified atom stereocenters. The fraction of sp³-hybridized carbons (Fsp3) is 0.667. The van der Waals surface area contributed by atoms with Crippen LogP contribution in [0.2, 0.25) is 0 Å². The second-order valence-electron chi connectivity index (χ2n) is 5.67. The van der Waals surface area contributed by atoms with Gasteiger partial charge in [-0.2, -0.15) is 0 Å². The van der Waals surface area contributed by atoms with E-state index in [2.05, 4.69) is 31.1 Å². The van der Waals surface area contributed by atoms with Gasteiger partial charge < -0.3 is 14.8 Å². The highest BCUT2D eigenvalue weighted by molar-refractivity contribution is 5.30. The first kappa shape index (κ1) is 15.9. The van der Waals surface area contributed by atoms with Crippen LogP contribution >= 0.6 is 0 Å². The maximum absolute atomic E-state index is 5.89. The molecule has 0 aromatic carbocycles. The lowest BCUT2D eigenvalue weighted by molar-refractivity contribution is 0.0649. The third kappa shape index (κ3) is 6.55. The van der Waals surface area contributed by atoms with E-state index in [9.17, 15) is 0 Å². The number of rotatable bonds is 7. The van der Waals surface area contributed by atoms with E-state index in [0.717, 1.165) is 17.9 Å². The summed E-state index contributed by atoms with van der Waals surface area (Å²) in [4.78, 5) is 4.13. The van der Waals surface area contributed by atoms with Crippen LogP contribution in [0, 0.1) is 0 Å². The highest BCUT2D eigenvalue weighted by Gasteiger charge is 2.12. The van der Waals surface area contributed by atoms with Gasteiger partial charge in [-0.15, -0.1) is 0 Å². The van der Waals surface area contributed by atoms with E-state index < -0.39 is 0 Å². The third-order valence-electron chi connectivity index (χ3n) is 2.56. The Morgan fingerprint density at radius 1 is 1.37 bits per heavy atom. The summed E-state index contributed by atoms with van der Waals surface area (Å²) in [6, 6.07) is 1.99. The molecule has 0 aliphatic carbocycles. The Hall–Kier alpha value is -1.13. The van der Waals surface area contributed by atoms with Crippen molar-refractivity contribution >= 4 is 0 Å².